The molecule has 0 saturated carbocycles. The molecular formula is C16H15N3O2. The molecule has 0 aliphatic carbocycles. The smallest absolute Gasteiger partial charge is 0.257 e. The topological polar surface area (TPSA) is 68.0 Å². The maximum absolute atomic E-state index is 12.3. The molecule has 1 N–H and O–H groups in total. The number of aryl methyl sites for hydroxylation is 3. The molecule has 5 nitrogen and oxygen atoms in total. The molecule has 0 bridgehead atoms. The Morgan fingerprint density at radius 1 is 1.10 bits per heavy atom. The highest BCUT2D eigenvalue weighted by atomic mass is 16.3. The van der Waals surface area contributed by atoms with Gasteiger partial charge in [-0.2, -0.15) is 0 Å². The van der Waals surface area contributed by atoms with E-state index in [-0.39, 0.29) is 5.91 Å². The fourth-order valence-corrected chi connectivity index (χ4v) is 2.25. The van der Waals surface area contributed by atoms with Gasteiger partial charge in [-0.3, -0.25) is 9.78 Å². The molecule has 0 spiro atoms. The maximum atomic E-state index is 12.3. The van der Waals surface area contributed by atoms with Crippen molar-refractivity contribution in [2.45, 2.75) is 20.8 Å². The van der Waals surface area contributed by atoms with Crippen LogP contribution in [-0.4, -0.2) is 15.9 Å². The summed E-state index contributed by atoms with van der Waals surface area (Å²) in [7, 11) is 0. The molecule has 1 amide bonds. The van der Waals surface area contributed by atoms with Crippen LogP contribution < -0.4 is 5.32 Å². The van der Waals surface area contributed by atoms with E-state index in [0.29, 0.717) is 28.4 Å². The molecule has 2 aromatic heterocycles. The zero-order chi connectivity index (χ0) is 15.0. The minimum atomic E-state index is -0.181. The number of aromatic nitrogens is 2. The number of fused-ring (bicyclic) bond motifs is 1. The van der Waals surface area contributed by atoms with E-state index < -0.39 is 0 Å². The number of hydrogen-bond acceptors (Lipinski definition) is 4. The summed E-state index contributed by atoms with van der Waals surface area (Å²) in [5.41, 5.74) is 4.29. The van der Waals surface area contributed by atoms with Crippen molar-refractivity contribution in [1.82, 2.24) is 9.97 Å². The van der Waals surface area contributed by atoms with Crippen LogP contribution in [0.3, 0.4) is 0 Å². The molecule has 0 aliphatic rings. The number of nitrogens with one attached hydrogen (secondary N) is 1. The van der Waals surface area contributed by atoms with Crippen molar-refractivity contribution in [2.24, 2.45) is 0 Å². The normalized spacial score (nSPS) is 10.8. The van der Waals surface area contributed by atoms with Crippen LogP contribution >= 0.6 is 0 Å². The first-order chi connectivity index (χ1) is 10.0. The summed E-state index contributed by atoms with van der Waals surface area (Å²) in [6.45, 7) is 5.52. The Kier molecular flexibility index (Phi) is 3.17. The summed E-state index contributed by atoms with van der Waals surface area (Å²) < 4.78 is 5.41. The van der Waals surface area contributed by atoms with Gasteiger partial charge in [0.2, 0.25) is 0 Å². The van der Waals surface area contributed by atoms with Gasteiger partial charge in [0.25, 0.3) is 5.91 Å². The number of nitrogens with zero attached hydrogens (tertiary/aromatic N) is 2. The number of anilines is 1. The van der Waals surface area contributed by atoms with Gasteiger partial charge >= 0.3 is 0 Å². The van der Waals surface area contributed by atoms with Gasteiger partial charge in [0.15, 0.2) is 11.5 Å². The second-order valence-corrected chi connectivity index (χ2v) is 4.96. The zero-order valence-electron chi connectivity index (χ0n) is 12.1. The first-order valence-electron chi connectivity index (χ1n) is 6.66. The van der Waals surface area contributed by atoms with Gasteiger partial charge in [0.1, 0.15) is 5.52 Å². The highest BCUT2D eigenvalue weighted by Crippen LogP contribution is 2.20. The minimum Gasteiger partial charge on any atom is -0.441 e. The molecule has 0 unspecified atom stereocenters. The highest BCUT2D eigenvalue weighted by Gasteiger charge is 2.11. The summed E-state index contributed by atoms with van der Waals surface area (Å²) in [4.78, 5) is 20.8. The van der Waals surface area contributed by atoms with E-state index in [1.807, 2.05) is 19.9 Å². The van der Waals surface area contributed by atoms with Crippen LogP contribution in [0.1, 0.15) is 27.6 Å². The Labute approximate surface area is 122 Å². The third-order valence-corrected chi connectivity index (χ3v) is 3.22. The minimum absolute atomic E-state index is 0.181. The second kappa shape index (κ2) is 5.01. The molecule has 0 atom stereocenters. The first kappa shape index (κ1) is 13.3. The Hall–Kier alpha value is -2.69. The second-order valence-electron chi connectivity index (χ2n) is 4.96. The quantitative estimate of drug-likeness (QED) is 0.781. The lowest BCUT2D eigenvalue weighted by Gasteiger charge is -2.07. The van der Waals surface area contributed by atoms with Gasteiger partial charge in [0.05, 0.1) is 11.3 Å². The Morgan fingerprint density at radius 3 is 2.67 bits per heavy atom. The van der Waals surface area contributed by atoms with Gasteiger partial charge in [-0.15, -0.1) is 0 Å². The van der Waals surface area contributed by atoms with Crippen molar-refractivity contribution in [3.05, 3.63) is 53.2 Å². The first-order valence-corrected chi connectivity index (χ1v) is 6.66. The van der Waals surface area contributed by atoms with Crippen molar-refractivity contribution in [3.63, 3.8) is 0 Å². The van der Waals surface area contributed by atoms with Gasteiger partial charge in [-0.25, -0.2) is 4.98 Å². The number of carbonyl (C=O) groups is 1. The molecule has 1 aromatic carbocycles. The van der Waals surface area contributed by atoms with E-state index >= 15 is 0 Å². The average Bonchev–Trinajstić information content (AvgIpc) is 2.77. The van der Waals surface area contributed by atoms with Crippen LogP contribution in [0.25, 0.3) is 11.1 Å². The molecule has 21 heavy (non-hydrogen) atoms. The summed E-state index contributed by atoms with van der Waals surface area (Å²) in [6, 6.07) is 8.99. The average molecular weight is 281 g/mol. The largest absolute Gasteiger partial charge is 0.441 e. The van der Waals surface area contributed by atoms with Crippen LogP contribution in [-0.2, 0) is 0 Å². The van der Waals surface area contributed by atoms with Crippen molar-refractivity contribution in [1.29, 1.82) is 0 Å². The summed E-state index contributed by atoms with van der Waals surface area (Å²) >= 11 is 0. The van der Waals surface area contributed by atoms with Gasteiger partial charge < -0.3 is 9.73 Å². The van der Waals surface area contributed by atoms with E-state index in [2.05, 4.69) is 15.3 Å². The SMILES string of the molecule is Cc1ccc(C(=O)Nc2ccc3oc(C)nc3c2)c(C)n1. The lowest BCUT2D eigenvalue weighted by atomic mass is 10.1. The van der Waals surface area contributed by atoms with Crippen LogP contribution in [0.15, 0.2) is 34.7 Å². The van der Waals surface area contributed by atoms with Crippen LogP contribution in [0, 0.1) is 20.8 Å². The molecule has 0 fully saturated rings. The maximum Gasteiger partial charge on any atom is 0.257 e. The van der Waals surface area contributed by atoms with E-state index in [1.165, 1.54) is 0 Å². The Bertz CT molecular complexity index is 837. The third kappa shape index (κ3) is 2.63. The number of hydrogen-bond donors (Lipinski definition) is 1. The number of oxazole rings is 1. The van der Waals surface area contributed by atoms with Crippen molar-refractivity contribution >= 4 is 22.7 Å². The Balaban J connectivity index is 1.88. The number of pyridine rings is 1. The van der Waals surface area contributed by atoms with Crippen molar-refractivity contribution in [2.75, 3.05) is 5.32 Å². The lowest BCUT2D eigenvalue weighted by molar-refractivity contribution is 0.102. The molecular weight excluding hydrogens is 266 g/mol. The molecule has 3 aromatic rings. The van der Waals surface area contributed by atoms with E-state index in [1.54, 1.807) is 31.2 Å². The fraction of sp³-hybridized carbons (Fsp3) is 0.188. The van der Waals surface area contributed by atoms with E-state index in [0.717, 1.165) is 11.2 Å². The monoisotopic (exact) mass is 281 g/mol. The summed E-state index contributed by atoms with van der Waals surface area (Å²) in [5, 5.41) is 2.86. The fourth-order valence-electron chi connectivity index (χ4n) is 2.25. The molecule has 2 heterocycles. The summed E-state index contributed by atoms with van der Waals surface area (Å²) in [5.74, 6) is 0.423. The number of amides is 1. The standard InChI is InChI=1S/C16H15N3O2/c1-9-4-6-13(10(2)17-9)16(20)19-12-5-7-15-14(8-12)18-11(3)21-15/h4-8H,1-3H3,(H,19,20). The predicted octanol–water partition coefficient (Wildman–Crippen LogP) is 3.40. The Morgan fingerprint density at radius 2 is 1.90 bits per heavy atom. The van der Waals surface area contributed by atoms with Crippen LogP contribution in [0.2, 0.25) is 0 Å². The van der Waals surface area contributed by atoms with Gasteiger partial charge in [-0.05, 0) is 44.2 Å². The zero-order valence-corrected chi connectivity index (χ0v) is 12.1. The molecule has 3 rings (SSSR count). The molecule has 0 saturated heterocycles. The molecule has 106 valence electrons. The number of benzene rings is 1. The summed E-state index contributed by atoms with van der Waals surface area (Å²) in [6.07, 6.45) is 0. The van der Waals surface area contributed by atoms with Crippen molar-refractivity contribution in [3.8, 4) is 0 Å². The van der Waals surface area contributed by atoms with E-state index in [4.69, 9.17) is 4.42 Å². The van der Waals surface area contributed by atoms with E-state index in [9.17, 15) is 4.79 Å². The highest BCUT2D eigenvalue weighted by molar-refractivity contribution is 6.05. The van der Waals surface area contributed by atoms with Gasteiger partial charge in [-0.1, -0.05) is 0 Å². The molecule has 0 aliphatic heterocycles. The predicted molar refractivity (Wildman–Crippen MR) is 80.4 cm³/mol. The van der Waals surface area contributed by atoms with Gasteiger partial charge in [0, 0.05) is 18.3 Å². The number of carbonyl (C=O) groups excluding carboxylic acids is 1. The van der Waals surface area contributed by atoms with Crippen LogP contribution in [0.4, 0.5) is 5.69 Å². The van der Waals surface area contributed by atoms with Crippen LogP contribution in [0.5, 0.6) is 0 Å². The molecule has 5 heteroatoms. The third-order valence-electron chi connectivity index (χ3n) is 3.22. The number of rotatable bonds is 2. The molecule has 0 radical (unpaired) electrons. The lowest BCUT2D eigenvalue weighted by Crippen LogP contribution is -2.14. The van der Waals surface area contributed by atoms with Crippen molar-refractivity contribution < 1.29 is 9.21 Å².